The van der Waals surface area contributed by atoms with E-state index in [1.54, 1.807) is 36.4 Å². The lowest BCUT2D eigenvalue weighted by atomic mass is 10.2. The number of carbonyl (C=O) groups excluding carboxylic acids is 2. The molecule has 0 radical (unpaired) electrons. The zero-order valence-corrected chi connectivity index (χ0v) is 18.4. The van der Waals surface area contributed by atoms with Gasteiger partial charge in [-0.1, -0.05) is 18.2 Å². The van der Waals surface area contributed by atoms with Gasteiger partial charge in [-0.2, -0.15) is 0 Å². The van der Waals surface area contributed by atoms with Gasteiger partial charge in [0.05, 0.1) is 28.3 Å². The van der Waals surface area contributed by atoms with E-state index in [4.69, 9.17) is 4.74 Å². The molecule has 9 heteroatoms. The van der Waals surface area contributed by atoms with Gasteiger partial charge in [0.15, 0.2) is 0 Å². The van der Waals surface area contributed by atoms with Crippen LogP contribution in [0.25, 0.3) is 11.8 Å². The lowest BCUT2D eigenvalue weighted by molar-refractivity contribution is -0.384. The maximum Gasteiger partial charge on any atom is 0.298 e. The summed E-state index contributed by atoms with van der Waals surface area (Å²) >= 11 is 0.880. The molecule has 3 aromatic rings. The van der Waals surface area contributed by atoms with Crippen LogP contribution in [0.5, 0.6) is 5.75 Å². The van der Waals surface area contributed by atoms with Gasteiger partial charge in [0.25, 0.3) is 16.8 Å². The van der Waals surface area contributed by atoms with Gasteiger partial charge in [0.1, 0.15) is 5.75 Å². The van der Waals surface area contributed by atoms with Crippen molar-refractivity contribution in [3.8, 4) is 11.4 Å². The molecule has 4 rings (SSSR count). The molecule has 1 aromatic heterocycles. The summed E-state index contributed by atoms with van der Waals surface area (Å²) < 4.78 is 7.25. The van der Waals surface area contributed by atoms with E-state index in [9.17, 15) is 19.7 Å². The van der Waals surface area contributed by atoms with Crippen LogP contribution in [0.15, 0.2) is 59.5 Å². The van der Waals surface area contributed by atoms with E-state index in [2.05, 4.69) is 0 Å². The minimum Gasteiger partial charge on any atom is -0.495 e. The highest BCUT2D eigenvalue weighted by molar-refractivity contribution is 8.19. The maximum atomic E-state index is 12.9. The fourth-order valence-corrected chi connectivity index (χ4v) is 4.51. The van der Waals surface area contributed by atoms with E-state index < -0.39 is 4.92 Å². The second-order valence-corrected chi connectivity index (χ2v) is 8.12. The average molecular weight is 449 g/mol. The average Bonchev–Trinajstić information content (AvgIpc) is 3.22. The monoisotopic (exact) mass is 449 g/mol. The van der Waals surface area contributed by atoms with Gasteiger partial charge in [0.2, 0.25) is 0 Å². The number of anilines is 1. The van der Waals surface area contributed by atoms with Gasteiger partial charge in [-0.3, -0.25) is 19.7 Å². The number of thioether (sulfide) groups is 1. The van der Waals surface area contributed by atoms with E-state index >= 15 is 0 Å². The Hall–Kier alpha value is -3.85. The first kappa shape index (κ1) is 21.4. The van der Waals surface area contributed by atoms with Gasteiger partial charge < -0.3 is 9.30 Å². The predicted molar refractivity (Wildman–Crippen MR) is 123 cm³/mol. The van der Waals surface area contributed by atoms with Crippen LogP contribution in [0.4, 0.5) is 16.2 Å². The van der Waals surface area contributed by atoms with Crippen molar-refractivity contribution in [3.63, 3.8) is 0 Å². The fourth-order valence-electron chi connectivity index (χ4n) is 3.68. The third kappa shape index (κ3) is 3.67. The molecule has 162 valence electrons. The van der Waals surface area contributed by atoms with Crippen LogP contribution in [0.2, 0.25) is 0 Å². The van der Waals surface area contributed by atoms with Crippen molar-refractivity contribution in [2.45, 2.75) is 13.8 Å². The molecule has 2 amide bonds. The highest BCUT2D eigenvalue weighted by atomic mass is 32.2. The van der Waals surface area contributed by atoms with Crippen LogP contribution in [-0.4, -0.2) is 27.7 Å². The van der Waals surface area contributed by atoms with Crippen LogP contribution in [0, 0.1) is 24.0 Å². The number of amides is 2. The van der Waals surface area contributed by atoms with E-state index in [-0.39, 0.29) is 16.8 Å². The van der Waals surface area contributed by atoms with Crippen molar-refractivity contribution < 1.29 is 19.2 Å². The Balaban J connectivity index is 1.76. The molecule has 0 N–H and O–H groups in total. The number of aromatic nitrogens is 1. The number of benzene rings is 2. The zero-order valence-electron chi connectivity index (χ0n) is 17.6. The van der Waals surface area contributed by atoms with Crippen molar-refractivity contribution in [3.05, 3.63) is 86.6 Å². The number of nitro benzene ring substituents is 1. The Bertz CT molecular complexity index is 1280. The lowest BCUT2D eigenvalue weighted by Crippen LogP contribution is -2.27. The summed E-state index contributed by atoms with van der Waals surface area (Å²) in [4.78, 5) is 37.7. The molecule has 1 aliphatic heterocycles. The number of para-hydroxylation sites is 1. The number of aryl methyl sites for hydroxylation is 1. The number of methoxy groups -OCH3 is 1. The molecule has 2 aromatic carbocycles. The molecule has 0 bridgehead atoms. The molecule has 2 heterocycles. The van der Waals surface area contributed by atoms with Crippen molar-refractivity contribution in [1.82, 2.24) is 4.57 Å². The smallest absolute Gasteiger partial charge is 0.298 e. The number of imide groups is 1. The molecule has 32 heavy (non-hydrogen) atoms. The summed E-state index contributed by atoms with van der Waals surface area (Å²) in [5.74, 6) is 0.0947. The molecule has 0 spiro atoms. The second-order valence-electron chi connectivity index (χ2n) is 7.13. The number of carbonyl (C=O) groups is 2. The minimum atomic E-state index is -0.461. The van der Waals surface area contributed by atoms with Gasteiger partial charge in [-0.25, -0.2) is 4.90 Å². The number of ether oxygens (including phenoxy) is 1. The number of non-ortho nitro benzene ring substituents is 1. The van der Waals surface area contributed by atoms with Crippen molar-refractivity contribution in [2.24, 2.45) is 0 Å². The Morgan fingerprint density at radius 1 is 1.06 bits per heavy atom. The predicted octanol–water partition coefficient (Wildman–Crippen LogP) is 5.25. The summed E-state index contributed by atoms with van der Waals surface area (Å²) in [6.07, 6.45) is 1.68. The van der Waals surface area contributed by atoms with Crippen LogP contribution in [-0.2, 0) is 4.79 Å². The standard InChI is InChI=1S/C23H19N3O5S/c1-14-11-16(12-21-22(27)25(23(28)32-21)17-7-5-4-6-8-17)15(2)24(14)19-13-18(26(29)30)9-10-20(19)31-3/h4-13H,1-3H3/b21-12+. The fraction of sp³-hybridized carbons (Fsp3) is 0.130. The Kier molecular flexibility index (Phi) is 5.58. The summed E-state index contributed by atoms with van der Waals surface area (Å²) in [6, 6.07) is 15.0. The van der Waals surface area contributed by atoms with Crippen molar-refractivity contribution >= 4 is 40.4 Å². The molecule has 1 fully saturated rings. The molecule has 0 unspecified atom stereocenters. The summed E-state index contributed by atoms with van der Waals surface area (Å²) in [5, 5.41) is 10.9. The Labute approximate surface area is 188 Å². The first-order valence-corrected chi connectivity index (χ1v) is 10.5. The number of nitrogens with zero attached hydrogens (tertiary/aromatic N) is 3. The molecular formula is C23H19N3O5S. The third-order valence-corrected chi connectivity index (χ3v) is 6.05. The van der Waals surface area contributed by atoms with Gasteiger partial charge in [-0.15, -0.1) is 0 Å². The number of hydrogen-bond acceptors (Lipinski definition) is 6. The molecular weight excluding hydrogens is 430 g/mol. The quantitative estimate of drug-likeness (QED) is 0.300. The molecule has 0 aliphatic carbocycles. The van der Waals surface area contributed by atoms with Crippen molar-refractivity contribution in [2.75, 3.05) is 12.0 Å². The minimum absolute atomic E-state index is 0.0566. The first-order chi connectivity index (χ1) is 15.3. The van der Waals surface area contributed by atoms with Crippen molar-refractivity contribution in [1.29, 1.82) is 0 Å². The summed E-state index contributed by atoms with van der Waals surface area (Å²) in [5.41, 5.74) is 3.27. The topological polar surface area (TPSA) is 94.7 Å². The zero-order chi connectivity index (χ0) is 23.0. The first-order valence-electron chi connectivity index (χ1n) is 9.66. The van der Waals surface area contributed by atoms with E-state index in [1.165, 1.54) is 19.2 Å². The van der Waals surface area contributed by atoms with Gasteiger partial charge in [-0.05, 0) is 61.5 Å². The second kappa shape index (κ2) is 8.35. The van der Waals surface area contributed by atoms with Gasteiger partial charge >= 0.3 is 0 Å². The molecule has 1 saturated heterocycles. The van der Waals surface area contributed by atoms with Crippen LogP contribution in [0.3, 0.4) is 0 Å². The number of nitro groups is 1. The normalized spacial score (nSPS) is 15.0. The van der Waals surface area contributed by atoms with E-state index in [1.807, 2.05) is 30.5 Å². The number of rotatable bonds is 5. The molecule has 1 aliphatic rings. The largest absolute Gasteiger partial charge is 0.495 e. The van der Waals surface area contributed by atoms with Crippen LogP contribution >= 0.6 is 11.8 Å². The molecule has 8 nitrogen and oxygen atoms in total. The van der Waals surface area contributed by atoms with Crippen LogP contribution < -0.4 is 9.64 Å². The SMILES string of the molecule is COc1ccc([N+](=O)[O-])cc1-n1c(C)cc(/C=C2/SC(=O)N(c3ccccc3)C2=O)c1C. The lowest BCUT2D eigenvalue weighted by Gasteiger charge is -2.14. The summed E-state index contributed by atoms with van der Waals surface area (Å²) in [7, 11) is 1.50. The third-order valence-electron chi connectivity index (χ3n) is 5.18. The maximum absolute atomic E-state index is 12.9. The molecule has 0 saturated carbocycles. The van der Waals surface area contributed by atoms with Crippen LogP contribution in [0.1, 0.15) is 17.0 Å². The van der Waals surface area contributed by atoms with Gasteiger partial charge in [0, 0.05) is 23.5 Å². The highest BCUT2D eigenvalue weighted by Gasteiger charge is 2.36. The van der Waals surface area contributed by atoms with E-state index in [0.29, 0.717) is 22.0 Å². The Morgan fingerprint density at radius 2 is 1.78 bits per heavy atom. The highest BCUT2D eigenvalue weighted by Crippen LogP contribution is 2.37. The van der Waals surface area contributed by atoms with E-state index in [0.717, 1.165) is 33.6 Å². The molecule has 0 atom stereocenters. The summed E-state index contributed by atoms with van der Waals surface area (Å²) in [6.45, 7) is 3.71. The Morgan fingerprint density at radius 3 is 2.44 bits per heavy atom. The number of hydrogen-bond donors (Lipinski definition) is 0.